The van der Waals surface area contributed by atoms with Crippen molar-refractivity contribution < 1.29 is 81.7 Å². The number of nitrogen functional groups attached to an aromatic ring is 1. The second-order valence-corrected chi connectivity index (χ2v) is 23.0. The average Bonchev–Trinajstić information content (AvgIpc) is 2.23. The number of carbonyl (C=O) groups excluding carboxylic acids is 2. The molecule has 0 amide bonds. The van der Waals surface area contributed by atoms with Crippen LogP contribution in [0, 0.1) is 13.8 Å². The zero-order valence-corrected chi connectivity index (χ0v) is 48.2. The highest BCUT2D eigenvalue weighted by Gasteiger charge is 2.55. The summed E-state index contributed by atoms with van der Waals surface area (Å²) in [7, 11) is -4.94. The lowest BCUT2D eigenvalue weighted by Crippen LogP contribution is -2.39. The van der Waals surface area contributed by atoms with Gasteiger partial charge in [-0.25, -0.2) is 19.2 Å². The summed E-state index contributed by atoms with van der Waals surface area (Å²) in [5.74, 6) is -0.494. The van der Waals surface area contributed by atoms with Gasteiger partial charge in [0.05, 0.1) is 35.9 Å². The molecule has 3 saturated heterocycles. The van der Waals surface area contributed by atoms with Gasteiger partial charge in [0, 0.05) is 49.5 Å². The molecule has 84 heavy (non-hydrogen) atoms. The lowest BCUT2D eigenvalue weighted by molar-refractivity contribution is -0.153. The Morgan fingerprint density at radius 1 is 0.750 bits per heavy atom. The number of aliphatic hydroxyl groups excluding tert-OH is 3. The highest BCUT2D eigenvalue weighted by molar-refractivity contribution is 7.41. The minimum Gasteiger partial charge on any atom is -0.497 e. The first kappa shape index (κ1) is 64.3. The fraction of sp³-hybridized carbons (Fsp3) is 0.373. The second-order valence-electron chi connectivity index (χ2n) is 18.9. The number of anilines is 1. The summed E-state index contributed by atoms with van der Waals surface area (Å²) in [4.78, 5) is 90.8. The van der Waals surface area contributed by atoms with Crippen LogP contribution in [-0.2, 0) is 37.6 Å². The van der Waals surface area contributed by atoms with E-state index < -0.39 is 129 Å². The molecule has 3 fully saturated rings. The Hall–Kier alpha value is -7.24. The van der Waals surface area contributed by atoms with Crippen LogP contribution in [0.5, 0.6) is 17.2 Å². The normalized spacial score (nSPS) is 25.0. The Labute approximate surface area is 485 Å². The molecule has 6 heterocycles. The number of carbonyl (C=O) groups is 2. The van der Waals surface area contributed by atoms with E-state index in [-0.39, 0.29) is 63.5 Å². The summed E-state index contributed by atoms with van der Waals surface area (Å²) in [5.41, 5.74) is 2.93. The lowest BCUT2D eigenvalue weighted by atomic mass is 10.1. The first-order valence-corrected chi connectivity index (χ1v) is 28.4. The fourth-order valence-corrected chi connectivity index (χ4v) is 11.8. The Morgan fingerprint density at radius 3 is 1.65 bits per heavy atom. The molecule has 3 aliphatic heterocycles. The molecule has 0 radical (unpaired) electrons. The third-order valence-corrected chi connectivity index (χ3v) is 17.1. The van der Waals surface area contributed by atoms with Crippen LogP contribution in [0.2, 0.25) is 10.0 Å². The Bertz CT molecular complexity index is 3560. The number of nitrogens with zero attached hydrogens (tertiary/aromatic N) is 4. The van der Waals surface area contributed by atoms with E-state index in [0.29, 0.717) is 5.75 Å². The molecular formula is C51H57Cl2N7O22P2. The van der Waals surface area contributed by atoms with Crippen LogP contribution in [0.25, 0.3) is 0 Å². The van der Waals surface area contributed by atoms with Gasteiger partial charge >= 0.3 is 29.0 Å². The van der Waals surface area contributed by atoms with Gasteiger partial charge in [0.1, 0.15) is 66.5 Å². The van der Waals surface area contributed by atoms with Crippen molar-refractivity contribution >= 4 is 57.0 Å². The van der Waals surface area contributed by atoms with E-state index in [0.717, 1.165) is 20.6 Å². The number of para-hydroxylation sites is 2. The summed E-state index contributed by atoms with van der Waals surface area (Å²) < 4.78 is 71.5. The smallest absolute Gasteiger partial charge is 0.351 e. The highest BCUT2D eigenvalue weighted by atomic mass is 35.5. The number of ether oxygens (including phenoxy) is 6. The van der Waals surface area contributed by atoms with Gasteiger partial charge < -0.3 is 68.7 Å². The molecule has 2 unspecified atom stereocenters. The third kappa shape index (κ3) is 14.6. The number of esters is 2. The molecular weight excluding hydrogens is 1200 g/mol. The molecule has 29 nitrogen and oxygen atoms in total. The first-order valence-electron chi connectivity index (χ1n) is 25.0. The summed E-state index contributed by atoms with van der Waals surface area (Å²) in [6, 6.07) is 20.2. The summed E-state index contributed by atoms with van der Waals surface area (Å²) in [6.45, 7) is 2.55. The van der Waals surface area contributed by atoms with Crippen molar-refractivity contribution in [2.24, 2.45) is 0 Å². The van der Waals surface area contributed by atoms with Crippen molar-refractivity contribution in [1.82, 2.24) is 28.7 Å². The van der Waals surface area contributed by atoms with E-state index in [1.807, 2.05) is 0 Å². The number of aromatic nitrogens is 6. The van der Waals surface area contributed by atoms with Crippen molar-refractivity contribution in [2.45, 2.75) is 93.5 Å². The topological polar surface area (TPSA) is 414 Å². The van der Waals surface area contributed by atoms with Gasteiger partial charge in [-0.2, -0.15) is 4.98 Å². The number of aliphatic hydroxyl groups is 5. The monoisotopic (exact) mass is 1250 g/mol. The van der Waals surface area contributed by atoms with E-state index in [9.17, 15) is 68.2 Å². The molecule has 0 aliphatic carbocycles. The van der Waals surface area contributed by atoms with Crippen LogP contribution >= 0.6 is 39.3 Å². The maximum atomic E-state index is 12.8. The molecule has 3 aromatic heterocycles. The van der Waals surface area contributed by atoms with Crippen LogP contribution in [0.3, 0.4) is 0 Å². The summed E-state index contributed by atoms with van der Waals surface area (Å²) in [5, 5.41) is 47.9. The number of hydrogen-bond donors (Lipinski definition) is 8. The number of aromatic amines is 2. The zero-order chi connectivity index (χ0) is 61.4. The maximum absolute atomic E-state index is 12.8. The molecule has 0 spiro atoms. The predicted molar refractivity (Wildman–Crippen MR) is 297 cm³/mol. The number of aryl methyl sites for hydroxylation is 2. The minimum atomic E-state index is -3.22. The molecule has 6 aromatic rings. The molecule has 9 N–H and O–H groups in total. The van der Waals surface area contributed by atoms with Crippen LogP contribution in [0.1, 0.15) is 59.9 Å². The predicted octanol–water partition coefficient (Wildman–Crippen LogP) is 1.92. The average molecular weight is 1250 g/mol. The van der Waals surface area contributed by atoms with E-state index in [1.165, 1.54) is 82.0 Å². The number of halogens is 2. The fourth-order valence-electron chi connectivity index (χ4n) is 8.68. The zero-order valence-electron chi connectivity index (χ0n) is 44.7. The van der Waals surface area contributed by atoms with Crippen LogP contribution < -0.4 is 47.7 Å². The molecule has 452 valence electrons. The first-order chi connectivity index (χ1) is 39.8. The Balaban J connectivity index is 0.000000181. The third-order valence-electron chi connectivity index (χ3n) is 13.2. The summed E-state index contributed by atoms with van der Waals surface area (Å²) >= 11 is 12.0. The van der Waals surface area contributed by atoms with Crippen molar-refractivity contribution in [1.29, 1.82) is 0 Å². The number of hydrogen-bond acceptors (Lipinski definition) is 24. The van der Waals surface area contributed by atoms with E-state index >= 15 is 0 Å². The quantitative estimate of drug-likeness (QED) is 0.0507. The standard InChI is InChI=1S/C19H21N3O8.2C16H18ClN2O7P/c1-10(23)29-16-13(9-28-18(25)11-3-5-12(27-2)6-4-11)30-17(15(16)24)22-8-7-14(20)21-19(22)26;2*1-9-7-19(15(22)18-14(9)21)13-6-16(23,12(8-20)25-13)27(24)26-11-5-3-2-4-10(11)17/h3-8,13,15-17,24H,9H2,1-2H3,(H2,20,21,26);2*2-5,7,12-13,20,23,27H,6,8H2,1H3,(H,18,21,22)/t13-,15-,16-,17-;2*12-,13-,16-/m111/s1. The molecule has 33 heteroatoms. The number of nitrogens with one attached hydrogen (secondary N) is 2. The van der Waals surface area contributed by atoms with Crippen molar-refractivity contribution in [3.63, 3.8) is 0 Å². The molecule has 9 rings (SSSR count). The minimum absolute atomic E-state index is 0.00486. The van der Waals surface area contributed by atoms with Gasteiger partial charge in [0.25, 0.3) is 27.2 Å². The van der Waals surface area contributed by atoms with E-state index in [2.05, 4.69) is 15.0 Å². The van der Waals surface area contributed by atoms with Gasteiger partial charge in [0.2, 0.25) is 0 Å². The number of H-pyrrole nitrogens is 2. The second kappa shape index (κ2) is 27.6. The van der Waals surface area contributed by atoms with Gasteiger partial charge in [0.15, 0.2) is 23.0 Å². The van der Waals surface area contributed by atoms with Crippen molar-refractivity contribution in [2.75, 3.05) is 32.7 Å². The van der Waals surface area contributed by atoms with Gasteiger partial charge in [-0.15, -0.1) is 0 Å². The van der Waals surface area contributed by atoms with Crippen LogP contribution in [0.4, 0.5) is 5.82 Å². The molecule has 3 aliphatic rings. The summed E-state index contributed by atoms with van der Waals surface area (Å²) in [6.07, 6.45) is -6.10. The number of methoxy groups -OCH3 is 1. The van der Waals surface area contributed by atoms with Crippen LogP contribution in [-0.4, -0.2) is 134 Å². The number of rotatable bonds is 16. The van der Waals surface area contributed by atoms with E-state index in [4.69, 9.17) is 66.4 Å². The highest BCUT2D eigenvalue weighted by Crippen LogP contribution is 2.54. The van der Waals surface area contributed by atoms with Crippen molar-refractivity contribution in [3.05, 3.63) is 176 Å². The Kier molecular flexibility index (Phi) is 21.2. The van der Waals surface area contributed by atoms with Gasteiger partial charge in [-0.1, -0.05) is 47.5 Å². The molecule has 0 bridgehead atoms. The largest absolute Gasteiger partial charge is 0.497 e. The number of benzene rings is 3. The van der Waals surface area contributed by atoms with Gasteiger partial charge in [-0.05, 0) is 68.4 Å². The SMILES string of the molecule is COc1ccc(C(=O)OC[C@H]2O[C@@H](n3ccc(N)nc3=O)[C@H](O)[C@@H]2OC(C)=O)cc1.Cc1cn([C@H]2C[C@@](O)([PH](=O)Oc3ccccc3Cl)[C@@H](CO)O2)c(=O)[nH]c1=O.Cc1cn([C@H]2C[C@@](O)([PH](=O)Oc3ccccc3Cl)[C@@H](CO)O2)c(=O)[nH]c1=O. The van der Waals surface area contributed by atoms with E-state index in [1.54, 1.807) is 36.4 Å². The molecule has 3 aromatic carbocycles. The molecule has 0 saturated carbocycles. The van der Waals surface area contributed by atoms with Crippen molar-refractivity contribution in [3.8, 4) is 17.2 Å². The van der Waals surface area contributed by atoms with Gasteiger partial charge in [-0.3, -0.25) is 47.2 Å². The number of nitrogens with two attached hydrogens (primary N) is 1. The Morgan fingerprint density at radius 2 is 1.23 bits per heavy atom. The maximum Gasteiger partial charge on any atom is 0.351 e. The molecule has 12 atom stereocenters. The lowest BCUT2D eigenvalue weighted by Gasteiger charge is -2.26. The van der Waals surface area contributed by atoms with Crippen LogP contribution in [0.15, 0.2) is 121 Å².